The van der Waals surface area contributed by atoms with Gasteiger partial charge in [0.15, 0.2) is 11.5 Å². The van der Waals surface area contributed by atoms with Crippen molar-refractivity contribution in [2.45, 2.75) is 45.3 Å². The molecule has 1 amide bonds. The Kier molecular flexibility index (Phi) is 6.43. The Morgan fingerprint density at radius 3 is 2.08 bits per heavy atom. The van der Waals surface area contributed by atoms with Crippen LogP contribution in [0.3, 0.4) is 0 Å². The van der Waals surface area contributed by atoms with Crippen molar-refractivity contribution in [2.75, 3.05) is 27.3 Å². The fourth-order valence-electron chi connectivity index (χ4n) is 2.61. The Bertz CT molecular complexity index is 581. The van der Waals surface area contributed by atoms with Crippen LogP contribution in [0.1, 0.15) is 33.6 Å². The molecule has 1 saturated heterocycles. The molecule has 1 heterocycles. The van der Waals surface area contributed by atoms with Crippen LogP contribution in [0, 0.1) is 0 Å². The van der Waals surface area contributed by atoms with Gasteiger partial charge in [0.25, 0.3) is 0 Å². The van der Waals surface area contributed by atoms with Crippen LogP contribution >= 0.6 is 15.9 Å². The van der Waals surface area contributed by atoms with Crippen LogP contribution in [0.5, 0.6) is 17.2 Å². The lowest BCUT2D eigenvalue weighted by Gasteiger charge is -2.33. The summed E-state index contributed by atoms with van der Waals surface area (Å²) < 4.78 is 23.2. The molecule has 2 rings (SSSR count). The lowest BCUT2D eigenvalue weighted by Crippen LogP contribution is -2.44. The number of halogens is 1. The maximum Gasteiger partial charge on any atom is 0.410 e. The van der Waals surface area contributed by atoms with Gasteiger partial charge in [0.2, 0.25) is 5.75 Å². The quantitative estimate of drug-likeness (QED) is 0.735. The van der Waals surface area contributed by atoms with Crippen molar-refractivity contribution in [3.05, 3.63) is 16.6 Å². The van der Waals surface area contributed by atoms with E-state index in [9.17, 15) is 4.79 Å². The SMILES string of the molecule is COc1cc(Br)cc(OC)c1OC1CCN(C(=O)OC(C)(C)C)CC1. The summed E-state index contributed by atoms with van der Waals surface area (Å²) in [7, 11) is 3.19. The zero-order valence-corrected chi connectivity index (χ0v) is 17.0. The van der Waals surface area contributed by atoms with E-state index in [4.69, 9.17) is 18.9 Å². The minimum Gasteiger partial charge on any atom is -0.493 e. The van der Waals surface area contributed by atoms with E-state index in [2.05, 4.69) is 15.9 Å². The fourth-order valence-corrected chi connectivity index (χ4v) is 3.03. The molecule has 1 aliphatic rings. The lowest BCUT2D eigenvalue weighted by atomic mass is 10.1. The number of hydrogen-bond donors (Lipinski definition) is 0. The highest BCUT2D eigenvalue weighted by molar-refractivity contribution is 9.10. The van der Waals surface area contributed by atoms with E-state index in [1.807, 2.05) is 32.9 Å². The predicted octanol–water partition coefficient (Wildman–Crippen LogP) is 4.24. The summed E-state index contributed by atoms with van der Waals surface area (Å²) in [6.45, 7) is 6.80. The summed E-state index contributed by atoms with van der Waals surface area (Å²) in [6, 6.07) is 3.68. The summed E-state index contributed by atoms with van der Waals surface area (Å²) >= 11 is 3.43. The number of carbonyl (C=O) groups excluding carboxylic acids is 1. The average molecular weight is 416 g/mol. The molecule has 7 heteroatoms. The molecule has 1 fully saturated rings. The second kappa shape index (κ2) is 8.17. The number of rotatable bonds is 4. The van der Waals surface area contributed by atoms with Crippen molar-refractivity contribution in [3.63, 3.8) is 0 Å². The normalized spacial score (nSPS) is 15.7. The third-order valence-electron chi connectivity index (χ3n) is 3.80. The van der Waals surface area contributed by atoms with E-state index in [1.54, 1.807) is 19.1 Å². The van der Waals surface area contributed by atoms with E-state index in [0.717, 1.165) is 17.3 Å². The summed E-state index contributed by atoms with van der Waals surface area (Å²) in [4.78, 5) is 13.9. The highest BCUT2D eigenvalue weighted by atomic mass is 79.9. The van der Waals surface area contributed by atoms with Gasteiger partial charge in [-0.25, -0.2) is 4.79 Å². The standard InChI is InChI=1S/C18H26BrNO5/c1-18(2,3)25-17(21)20-8-6-13(7-9-20)24-16-14(22-4)10-12(19)11-15(16)23-5/h10-11,13H,6-9H2,1-5H3. The number of carbonyl (C=O) groups is 1. The van der Waals surface area contributed by atoms with Gasteiger partial charge >= 0.3 is 6.09 Å². The van der Waals surface area contributed by atoms with Crippen LogP contribution in [0.4, 0.5) is 4.79 Å². The molecule has 0 aliphatic carbocycles. The largest absolute Gasteiger partial charge is 0.493 e. The molecule has 0 N–H and O–H groups in total. The molecule has 0 unspecified atom stereocenters. The Labute approximate surface area is 157 Å². The summed E-state index contributed by atoms with van der Waals surface area (Å²) in [6.07, 6.45) is 1.16. The van der Waals surface area contributed by atoms with E-state index in [0.29, 0.717) is 30.3 Å². The molecule has 0 radical (unpaired) electrons. The summed E-state index contributed by atoms with van der Waals surface area (Å²) in [5, 5.41) is 0. The van der Waals surface area contributed by atoms with Gasteiger partial charge in [0.05, 0.1) is 14.2 Å². The van der Waals surface area contributed by atoms with Crippen LogP contribution in [-0.4, -0.2) is 50.0 Å². The fraction of sp³-hybridized carbons (Fsp3) is 0.611. The second-order valence-electron chi connectivity index (χ2n) is 6.92. The van der Waals surface area contributed by atoms with Crippen LogP contribution in [0.25, 0.3) is 0 Å². The first-order chi connectivity index (χ1) is 11.7. The van der Waals surface area contributed by atoms with Crippen LogP contribution in [-0.2, 0) is 4.74 Å². The molecule has 0 atom stereocenters. The van der Waals surface area contributed by atoms with Gasteiger partial charge in [-0.15, -0.1) is 0 Å². The third-order valence-corrected chi connectivity index (χ3v) is 4.26. The average Bonchev–Trinajstić information content (AvgIpc) is 2.55. The predicted molar refractivity (Wildman–Crippen MR) is 98.7 cm³/mol. The van der Waals surface area contributed by atoms with E-state index in [1.165, 1.54) is 0 Å². The minimum absolute atomic E-state index is 0.0114. The number of benzene rings is 1. The number of hydrogen-bond acceptors (Lipinski definition) is 5. The number of amides is 1. The van der Waals surface area contributed by atoms with E-state index >= 15 is 0 Å². The zero-order chi connectivity index (χ0) is 18.6. The zero-order valence-electron chi connectivity index (χ0n) is 15.4. The number of likely N-dealkylation sites (tertiary alicyclic amines) is 1. The Hall–Kier alpha value is -1.63. The first kappa shape index (κ1) is 19.7. The Balaban J connectivity index is 2.00. The topological polar surface area (TPSA) is 57.2 Å². The monoisotopic (exact) mass is 415 g/mol. The van der Waals surface area contributed by atoms with Gasteiger partial charge < -0.3 is 23.8 Å². The molecular weight excluding hydrogens is 390 g/mol. The van der Waals surface area contributed by atoms with Crippen LogP contribution in [0.2, 0.25) is 0 Å². The number of ether oxygens (including phenoxy) is 4. The van der Waals surface area contributed by atoms with Gasteiger partial charge in [-0.1, -0.05) is 15.9 Å². The first-order valence-electron chi connectivity index (χ1n) is 8.29. The van der Waals surface area contributed by atoms with Gasteiger partial charge in [-0.05, 0) is 32.9 Å². The van der Waals surface area contributed by atoms with Crippen molar-refractivity contribution >= 4 is 22.0 Å². The Morgan fingerprint density at radius 2 is 1.64 bits per heavy atom. The maximum absolute atomic E-state index is 12.1. The van der Waals surface area contributed by atoms with Crippen molar-refractivity contribution in [1.29, 1.82) is 0 Å². The van der Waals surface area contributed by atoms with Crippen molar-refractivity contribution in [1.82, 2.24) is 4.90 Å². The van der Waals surface area contributed by atoms with Crippen molar-refractivity contribution < 1.29 is 23.7 Å². The Morgan fingerprint density at radius 1 is 1.12 bits per heavy atom. The smallest absolute Gasteiger partial charge is 0.410 e. The third kappa shape index (κ3) is 5.42. The summed E-state index contributed by atoms with van der Waals surface area (Å²) in [5.74, 6) is 1.81. The van der Waals surface area contributed by atoms with Gasteiger partial charge in [0, 0.05) is 30.4 Å². The molecule has 25 heavy (non-hydrogen) atoms. The molecule has 6 nitrogen and oxygen atoms in total. The molecule has 140 valence electrons. The molecular formula is C18H26BrNO5. The molecule has 0 aromatic heterocycles. The van der Waals surface area contributed by atoms with Crippen molar-refractivity contribution in [2.24, 2.45) is 0 Å². The van der Waals surface area contributed by atoms with E-state index < -0.39 is 5.60 Å². The number of methoxy groups -OCH3 is 2. The van der Waals surface area contributed by atoms with Crippen molar-refractivity contribution in [3.8, 4) is 17.2 Å². The molecule has 1 aliphatic heterocycles. The second-order valence-corrected chi connectivity index (χ2v) is 7.84. The highest BCUT2D eigenvalue weighted by Crippen LogP contribution is 2.41. The molecule has 0 spiro atoms. The number of piperidine rings is 1. The number of nitrogens with zero attached hydrogens (tertiary/aromatic N) is 1. The lowest BCUT2D eigenvalue weighted by molar-refractivity contribution is 0.0122. The highest BCUT2D eigenvalue weighted by Gasteiger charge is 2.28. The van der Waals surface area contributed by atoms with Gasteiger partial charge in [-0.2, -0.15) is 0 Å². The minimum atomic E-state index is -0.484. The molecule has 1 aromatic carbocycles. The van der Waals surface area contributed by atoms with Crippen LogP contribution < -0.4 is 14.2 Å². The van der Waals surface area contributed by atoms with Crippen LogP contribution in [0.15, 0.2) is 16.6 Å². The molecule has 0 bridgehead atoms. The molecule has 0 saturated carbocycles. The van der Waals surface area contributed by atoms with E-state index in [-0.39, 0.29) is 12.2 Å². The maximum atomic E-state index is 12.1. The summed E-state index contributed by atoms with van der Waals surface area (Å²) in [5.41, 5.74) is -0.484. The molecule has 1 aromatic rings. The van der Waals surface area contributed by atoms with Gasteiger partial charge in [-0.3, -0.25) is 0 Å². The van der Waals surface area contributed by atoms with Gasteiger partial charge in [0.1, 0.15) is 11.7 Å². The first-order valence-corrected chi connectivity index (χ1v) is 9.09.